The molecular formula is C19H14Cl3N5O2. The molecule has 0 aliphatic carbocycles. The van der Waals surface area contributed by atoms with Crippen LogP contribution in [0.15, 0.2) is 30.3 Å². The van der Waals surface area contributed by atoms with Crippen LogP contribution in [0.4, 0.5) is 11.8 Å². The molecule has 0 atom stereocenters. The van der Waals surface area contributed by atoms with E-state index in [9.17, 15) is 5.26 Å². The minimum atomic E-state index is -0.0391. The molecule has 3 aromatic rings. The van der Waals surface area contributed by atoms with Crippen LogP contribution in [0.5, 0.6) is 11.5 Å². The van der Waals surface area contributed by atoms with Crippen LogP contribution in [0, 0.1) is 11.3 Å². The highest BCUT2D eigenvalue weighted by atomic mass is 35.5. The third-order valence-corrected chi connectivity index (χ3v) is 4.87. The Morgan fingerprint density at radius 3 is 2.34 bits per heavy atom. The maximum Gasteiger partial charge on any atom is 0.222 e. The third kappa shape index (κ3) is 4.40. The van der Waals surface area contributed by atoms with Crippen LogP contribution in [0.25, 0.3) is 11.3 Å². The summed E-state index contributed by atoms with van der Waals surface area (Å²) in [5.41, 5.74) is 13.0. The first-order chi connectivity index (χ1) is 13.8. The quantitative estimate of drug-likeness (QED) is 0.576. The van der Waals surface area contributed by atoms with E-state index in [0.29, 0.717) is 43.4 Å². The van der Waals surface area contributed by atoms with E-state index in [-0.39, 0.29) is 23.9 Å². The van der Waals surface area contributed by atoms with E-state index < -0.39 is 0 Å². The average Bonchev–Trinajstić information content (AvgIpc) is 2.66. The molecule has 0 aliphatic heterocycles. The Morgan fingerprint density at radius 1 is 1.03 bits per heavy atom. The molecule has 0 saturated heterocycles. The van der Waals surface area contributed by atoms with Crippen molar-refractivity contribution in [2.75, 3.05) is 18.6 Å². The molecule has 4 N–H and O–H groups in total. The zero-order chi connectivity index (χ0) is 21.1. The molecule has 0 fully saturated rings. The van der Waals surface area contributed by atoms with Gasteiger partial charge in [-0.25, -0.2) is 4.98 Å². The number of nitrogens with two attached hydrogens (primary N) is 2. The molecule has 0 radical (unpaired) electrons. The van der Waals surface area contributed by atoms with E-state index >= 15 is 0 Å². The molecule has 29 heavy (non-hydrogen) atoms. The highest BCUT2D eigenvalue weighted by Gasteiger charge is 2.16. The van der Waals surface area contributed by atoms with Crippen LogP contribution in [0.2, 0.25) is 15.1 Å². The fourth-order valence-corrected chi connectivity index (χ4v) is 3.54. The highest BCUT2D eigenvalue weighted by molar-refractivity contribution is 6.39. The van der Waals surface area contributed by atoms with E-state index in [2.05, 4.69) is 9.97 Å². The van der Waals surface area contributed by atoms with E-state index in [1.807, 2.05) is 6.07 Å². The Hall–Kier alpha value is -2.92. The SMILES string of the molecule is COc1cc(-c2nc(N)nc(N)c2C#N)ccc1OCc1c(Cl)cc(Cl)cc1Cl. The van der Waals surface area contributed by atoms with Gasteiger partial charge in [-0.15, -0.1) is 0 Å². The summed E-state index contributed by atoms with van der Waals surface area (Å²) in [5.74, 6) is 0.805. The van der Waals surface area contributed by atoms with Crippen LogP contribution >= 0.6 is 34.8 Å². The molecule has 0 aliphatic rings. The highest BCUT2D eigenvalue weighted by Crippen LogP contribution is 2.36. The summed E-state index contributed by atoms with van der Waals surface area (Å²) in [6.45, 7) is 0.0986. The number of anilines is 2. The maximum absolute atomic E-state index is 9.37. The summed E-state index contributed by atoms with van der Waals surface area (Å²) < 4.78 is 11.2. The van der Waals surface area contributed by atoms with Crippen molar-refractivity contribution in [3.05, 3.63) is 56.5 Å². The minimum absolute atomic E-state index is 0.00122. The normalized spacial score (nSPS) is 10.4. The van der Waals surface area contributed by atoms with Crippen molar-refractivity contribution in [1.82, 2.24) is 9.97 Å². The number of hydrogen-bond donors (Lipinski definition) is 2. The lowest BCUT2D eigenvalue weighted by molar-refractivity contribution is 0.285. The van der Waals surface area contributed by atoms with Gasteiger partial charge >= 0.3 is 0 Å². The predicted molar refractivity (Wildman–Crippen MR) is 113 cm³/mol. The summed E-state index contributed by atoms with van der Waals surface area (Å²) in [6.07, 6.45) is 0. The molecule has 148 valence electrons. The van der Waals surface area contributed by atoms with E-state index in [4.69, 9.17) is 55.7 Å². The van der Waals surface area contributed by atoms with Gasteiger partial charge in [0.25, 0.3) is 0 Å². The number of benzene rings is 2. The number of nitriles is 1. The largest absolute Gasteiger partial charge is 0.493 e. The molecule has 3 rings (SSSR count). The van der Waals surface area contributed by atoms with Crippen molar-refractivity contribution in [1.29, 1.82) is 5.26 Å². The topological polar surface area (TPSA) is 120 Å². The third-order valence-electron chi connectivity index (χ3n) is 3.98. The fourth-order valence-electron chi connectivity index (χ4n) is 2.61. The van der Waals surface area contributed by atoms with Gasteiger partial charge in [-0.05, 0) is 30.3 Å². The molecule has 2 aromatic carbocycles. The molecule has 0 unspecified atom stereocenters. The number of aromatic nitrogens is 2. The van der Waals surface area contributed by atoms with Gasteiger partial charge in [-0.3, -0.25) is 0 Å². The van der Waals surface area contributed by atoms with Gasteiger partial charge in [0.1, 0.15) is 24.1 Å². The van der Waals surface area contributed by atoms with Crippen molar-refractivity contribution in [3.63, 3.8) is 0 Å². The van der Waals surface area contributed by atoms with Crippen LogP contribution in [-0.2, 0) is 6.61 Å². The smallest absolute Gasteiger partial charge is 0.222 e. The molecular weight excluding hydrogens is 437 g/mol. The molecule has 7 nitrogen and oxygen atoms in total. The van der Waals surface area contributed by atoms with Gasteiger partial charge in [0.15, 0.2) is 11.5 Å². The number of rotatable bonds is 5. The van der Waals surface area contributed by atoms with Crippen molar-refractivity contribution in [3.8, 4) is 28.8 Å². The van der Waals surface area contributed by atoms with E-state index in [1.54, 1.807) is 30.3 Å². The minimum Gasteiger partial charge on any atom is -0.493 e. The molecule has 0 spiro atoms. The Balaban J connectivity index is 1.94. The zero-order valence-electron chi connectivity index (χ0n) is 15.0. The fraction of sp³-hybridized carbons (Fsp3) is 0.105. The Bertz CT molecular complexity index is 1110. The van der Waals surface area contributed by atoms with Gasteiger partial charge in [0.05, 0.1) is 22.8 Å². The summed E-state index contributed by atoms with van der Waals surface area (Å²) >= 11 is 18.3. The second kappa shape index (κ2) is 8.62. The average molecular weight is 451 g/mol. The van der Waals surface area contributed by atoms with Crippen molar-refractivity contribution >= 4 is 46.6 Å². The summed E-state index contributed by atoms with van der Waals surface area (Å²) in [5, 5.41) is 10.6. The Labute approximate surface area is 181 Å². The van der Waals surface area contributed by atoms with Gasteiger partial charge in [-0.2, -0.15) is 10.2 Å². The van der Waals surface area contributed by atoms with E-state index in [1.165, 1.54) is 7.11 Å². The molecule has 1 heterocycles. The number of hydrogen-bond acceptors (Lipinski definition) is 7. The van der Waals surface area contributed by atoms with Crippen LogP contribution in [0.3, 0.4) is 0 Å². The second-order valence-corrected chi connectivity index (χ2v) is 7.06. The maximum atomic E-state index is 9.37. The number of nitrogens with zero attached hydrogens (tertiary/aromatic N) is 3. The van der Waals surface area contributed by atoms with Crippen molar-refractivity contribution in [2.24, 2.45) is 0 Å². The molecule has 0 amide bonds. The number of nitrogen functional groups attached to an aromatic ring is 2. The van der Waals surface area contributed by atoms with Gasteiger partial charge < -0.3 is 20.9 Å². The zero-order valence-corrected chi connectivity index (χ0v) is 17.3. The summed E-state index contributed by atoms with van der Waals surface area (Å²) in [4.78, 5) is 7.93. The first kappa shape index (κ1) is 20.8. The first-order valence-corrected chi connectivity index (χ1v) is 9.25. The van der Waals surface area contributed by atoms with Crippen LogP contribution in [0.1, 0.15) is 11.1 Å². The van der Waals surface area contributed by atoms with Crippen molar-refractivity contribution < 1.29 is 9.47 Å². The molecule has 0 bridgehead atoms. The number of methoxy groups -OCH3 is 1. The molecule has 10 heteroatoms. The molecule has 0 saturated carbocycles. The van der Waals surface area contributed by atoms with E-state index in [0.717, 1.165) is 0 Å². The number of ether oxygens (including phenoxy) is 2. The summed E-state index contributed by atoms with van der Waals surface area (Å²) in [6, 6.07) is 10.2. The van der Waals surface area contributed by atoms with Gasteiger partial charge in [-0.1, -0.05) is 34.8 Å². The lowest BCUT2D eigenvalue weighted by atomic mass is 10.1. The lowest BCUT2D eigenvalue weighted by Gasteiger charge is -2.14. The molecule has 1 aromatic heterocycles. The van der Waals surface area contributed by atoms with Gasteiger partial charge in [0, 0.05) is 16.1 Å². The van der Waals surface area contributed by atoms with Gasteiger partial charge in [0.2, 0.25) is 5.95 Å². The Kier molecular flexibility index (Phi) is 6.18. The monoisotopic (exact) mass is 449 g/mol. The number of halogens is 3. The van der Waals surface area contributed by atoms with Crippen LogP contribution < -0.4 is 20.9 Å². The first-order valence-electron chi connectivity index (χ1n) is 8.11. The van der Waals surface area contributed by atoms with Crippen molar-refractivity contribution in [2.45, 2.75) is 6.61 Å². The second-order valence-electron chi connectivity index (χ2n) is 5.80. The lowest BCUT2D eigenvalue weighted by Crippen LogP contribution is -2.05. The summed E-state index contributed by atoms with van der Waals surface area (Å²) in [7, 11) is 1.49. The Morgan fingerprint density at radius 2 is 1.72 bits per heavy atom. The standard InChI is InChI=1S/C19H14Cl3N5O2/c1-28-16-4-9(17-11(7-23)18(24)27-19(25)26-17)2-3-15(16)29-8-12-13(21)5-10(20)6-14(12)22/h2-6H,8H2,1H3,(H4,24,25,26,27). The predicted octanol–water partition coefficient (Wildman–Crippen LogP) is 4.73. The van der Waals surface area contributed by atoms with Crippen LogP contribution in [-0.4, -0.2) is 17.1 Å².